The minimum Gasteiger partial charge on any atom is -0.348 e. The molecule has 5 nitrogen and oxygen atoms in total. The van der Waals surface area contributed by atoms with Crippen LogP contribution < -0.4 is 10.7 Å². The van der Waals surface area contributed by atoms with Crippen LogP contribution >= 0.6 is 0 Å². The average Bonchev–Trinajstić information content (AvgIpc) is 2.59. The molecule has 0 saturated carbocycles. The van der Waals surface area contributed by atoms with E-state index in [1.807, 2.05) is 52.0 Å². The lowest BCUT2D eigenvalue weighted by Gasteiger charge is -2.10. The number of rotatable bonds is 3. The van der Waals surface area contributed by atoms with Gasteiger partial charge in [0.25, 0.3) is 5.91 Å². The summed E-state index contributed by atoms with van der Waals surface area (Å²) in [7, 11) is 0. The molecule has 2 N–H and O–H groups in total. The lowest BCUT2D eigenvalue weighted by molar-refractivity contribution is 0.0949. The molecule has 0 aliphatic carbocycles. The Hall–Kier alpha value is -2.95. The second-order valence-corrected chi connectivity index (χ2v) is 6.37. The number of carbonyl (C=O) groups is 1. The molecule has 1 amide bonds. The third kappa shape index (κ3) is 3.18. The van der Waals surface area contributed by atoms with E-state index < -0.39 is 0 Å². The number of amides is 1. The fourth-order valence-corrected chi connectivity index (χ4v) is 2.82. The Labute approximate surface area is 146 Å². The maximum atomic E-state index is 12.8. The van der Waals surface area contributed by atoms with E-state index in [1.54, 1.807) is 0 Å². The summed E-state index contributed by atoms with van der Waals surface area (Å²) >= 11 is 0. The third-order valence-corrected chi connectivity index (χ3v) is 4.64. The lowest BCUT2D eigenvalue weighted by atomic mass is 10.0. The van der Waals surface area contributed by atoms with Crippen LogP contribution in [0.4, 0.5) is 0 Å². The smallest absolute Gasteiger partial charge is 0.257 e. The molecule has 5 heteroatoms. The van der Waals surface area contributed by atoms with Crippen molar-refractivity contribution >= 4 is 16.9 Å². The molecule has 0 radical (unpaired) electrons. The highest BCUT2D eigenvalue weighted by Crippen LogP contribution is 2.18. The third-order valence-electron chi connectivity index (χ3n) is 4.64. The van der Waals surface area contributed by atoms with Crippen LogP contribution in [0.5, 0.6) is 0 Å². The number of aryl methyl sites for hydroxylation is 3. The van der Waals surface area contributed by atoms with E-state index in [2.05, 4.69) is 15.3 Å². The number of fused-ring (bicyclic) bond motifs is 1. The monoisotopic (exact) mass is 335 g/mol. The van der Waals surface area contributed by atoms with Crippen molar-refractivity contribution in [2.45, 2.75) is 34.2 Å². The van der Waals surface area contributed by atoms with Crippen molar-refractivity contribution in [3.05, 3.63) is 74.2 Å². The number of carbonyl (C=O) groups excluding carboxylic acids is 1. The van der Waals surface area contributed by atoms with Gasteiger partial charge in [-0.25, -0.2) is 4.98 Å². The maximum Gasteiger partial charge on any atom is 0.257 e. The first-order valence-electron chi connectivity index (χ1n) is 8.21. The first kappa shape index (κ1) is 16.9. The highest BCUT2D eigenvalue weighted by Gasteiger charge is 2.16. The Morgan fingerprint density at radius 2 is 1.76 bits per heavy atom. The van der Waals surface area contributed by atoms with E-state index in [-0.39, 0.29) is 16.9 Å². The van der Waals surface area contributed by atoms with Gasteiger partial charge in [-0.15, -0.1) is 0 Å². The molecule has 128 valence electrons. The number of benzene rings is 1. The molecule has 0 fully saturated rings. The number of H-pyrrole nitrogens is 1. The largest absolute Gasteiger partial charge is 0.348 e. The van der Waals surface area contributed by atoms with E-state index >= 15 is 0 Å². The molecular formula is C20H21N3O2. The zero-order valence-electron chi connectivity index (χ0n) is 14.9. The van der Waals surface area contributed by atoms with Gasteiger partial charge in [0, 0.05) is 18.4 Å². The maximum absolute atomic E-state index is 12.8. The van der Waals surface area contributed by atoms with E-state index in [0.717, 1.165) is 27.9 Å². The number of nitrogens with one attached hydrogen (secondary N) is 2. The Balaban J connectivity index is 1.93. The van der Waals surface area contributed by atoms with Gasteiger partial charge >= 0.3 is 0 Å². The van der Waals surface area contributed by atoms with Crippen molar-refractivity contribution in [1.82, 2.24) is 15.3 Å². The Morgan fingerprint density at radius 1 is 1.08 bits per heavy atom. The predicted octanol–water partition coefficient (Wildman–Crippen LogP) is 3.09. The van der Waals surface area contributed by atoms with Crippen molar-refractivity contribution in [3.8, 4) is 0 Å². The fourth-order valence-electron chi connectivity index (χ4n) is 2.82. The van der Waals surface area contributed by atoms with Crippen LogP contribution in [0.2, 0.25) is 0 Å². The second kappa shape index (κ2) is 6.51. The predicted molar refractivity (Wildman–Crippen MR) is 98.9 cm³/mol. The lowest BCUT2D eigenvalue weighted by Crippen LogP contribution is -2.29. The van der Waals surface area contributed by atoms with Crippen LogP contribution in [-0.4, -0.2) is 15.9 Å². The Morgan fingerprint density at radius 3 is 2.44 bits per heavy atom. The number of nitrogens with zero attached hydrogens (tertiary/aromatic N) is 1. The zero-order valence-corrected chi connectivity index (χ0v) is 14.9. The average molecular weight is 335 g/mol. The van der Waals surface area contributed by atoms with Gasteiger partial charge in [-0.3, -0.25) is 9.59 Å². The van der Waals surface area contributed by atoms with Gasteiger partial charge in [0.2, 0.25) is 5.43 Å². The van der Waals surface area contributed by atoms with E-state index in [4.69, 9.17) is 0 Å². The highest BCUT2D eigenvalue weighted by molar-refractivity contribution is 5.97. The summed E-state index contributed by atoms with van der Waals surface area (Å²) in [6.07, 6.45) is 1.44. The summed E-state index contributed by atoms with van der Waals surface area (Å²) in [6, 6.07) is 7.90. The van der Waals surface area contributed by atoms with Crippen molar-refractivity contribution in [1.29, 1.82) is 0 Å². The fraction of sp³-hybridized carbons (Fsp3) is 0.250. The minimum atomic E-state index is -0.388. The molecule has 0 saturated heterocycles. The van der Waals surface area contributed by atoms with E-state index in [9.17, 15) is 9.59 Å². The van der Waals surface area contributed by atoms with Crippen molar-refractivity contribution < 1.29 is 4.79 Å². The first-order chi connectivity index (χ1) is 11.9. The molecule has 0 aliphatic heterocycles. The zero-order chi connectivity index (χ0) is 18.1. The number of hydrogen-bond donors (Lipinski definition) is 2. The van der Waals surface area contributed by atoms with Gasteiger partial charge in [0.05, 0.1) is 5.39 Å². The standard InChI is InChI=1S/C20H21N3O2/c1-11-5-7-15(8-6-11)9-22-20(25)16-10-21-19-17(18(16)24)13(3)12(2)14(4)23-19/h5-8,10H,9H2,1-4H3,(H,22,25)(H,21,23,24). The van der Waals surface area contributed by atoms with Crippen molar-refractivity contribution in [3.63, 3.8) is 0 Å². The van der Waals surface area contributed by atoms with Gasteiger partial charge in [0.1, 0.15) is 11.2 Å². The first-order valence-corrected chi connectivity index (χ1v) is 8.21. The van der Waals surface area contributed by atoms with E-state index in [0.29, 0.717) is 17.6 Å². The summed E-state index contributed by atoms with van der Waals surface area (Å²) in [5.74, 6) is -0.388. The van der Waals surface area contributed by atoms with Crippen LogP contribution in [0.25, 0.3) is 11.0 Å². The molecule has 0 bridgehead atoms. The Kier molecular flexibility index (Phi) is 4.40. The molecular weight excluding hydrogens is 314 g/mol. The quantitative estimate of drug-likeness (QED) is 0.772. The van der Waals surface area contributed by atoms with E-state index in [1.165, 1.54) is 6.20 Å². The summed E-state index contributed by atoms with van der Waals surface area (Å²) in [6.45, 7) is 8.11. The van der Waals surface area contributed by atoms with Gasteiger partial charge in [0.15, 0.2) is 0 Å². The summed E-state index contributed by atoms with van der Waals surface area (Å²) in [5.41, 5.74) is 5.18. The molecule has 3 rings (SSSR count). The summed E-state index contributed by atoms with van der Waals surface area (Å²) < 4.78 is 0. The number of pyridine rings is 2. The number of aromatic amines is 1. The molecule has 0 spiro atoms. The molecule has 3 aromatic rings. The molecule has 25 heavy (non-hydrogen) atoms. The molecule has 0 aliphatic rings. The number of hydrogen-bond acceptors (Lipinski definition) is 3. The summed E-state index contributed by atoms with van der Waals surface area (Å²) in [5, 5.41) is 3.28. The molecule has 1 aromatic carbocycles. The van der Waals surface area contributed by atoms with Crippen LogP contribution in [0, 0.1) is 27.7 Å². The van der Waals surface area contributed by atoms with Crippen LogP contribution in [0.1, 0.15) is 38.3 Å². The minimum absolute atomic E-state index is 0.104. The van der Waals surface area contributed by atoms with Crippen molar-refractivity contribution in [2.24, 2.45) is 0 Å². The SMILES string of the molecule is Cc1ccc(CNC(=O)c2c[nH]c3nc(C)c(C)c(C)c3c2=O)cc1. The van der Waals surface area contributed by atoms with Gasteiger partial charge in [-0.1, -0.05) is 29.8 Å². The number of aromatic nitrogens is 2. The van der Waals surface area contributed by atoms with Crippen LogP contribution in [0.3, 0.4) is 0 Å². The molecule has 2 aromatic heterocycles. The molecule has 0 unspecified atom stereocenters. The normalized spacial score (nSPS) is 10.9. The van der Waals surface area contributed by atoms with Crippen LogP contribution in [-0.2, 0) is 6.54 Å². The van der Waals surface area contributed by atoms with Crippen LogP contribution in [0.15, 0.2) is 35.3 Å². The summed E-state index contributed by atoms with van der Waals surface area (Å²) in [4.78, 5) is 32.6. The van der Waals surface area contributed by atoms with Crippen molar-refractivity contribution in [2.75, 3.05) is 0 Å². The highest BCUT2D eigenvalue weighted by atomic mass is 16.2. The van der Waals surface area contributed by atoms with Gasteiger partial charge in [-0.05, 0) is 44.4 Å². The van der Waals surface area contributed by atoms with Gasteiger partial charge in [-0.2, -0.15) is 0 Å². The molecule has 2 heterocycles. The second-order valence-electron chi connectivity index (χ2n) is 6.37. The molecule has 0 atom stereocenters. The topological polar surface area (TPSA) is 74.8 Å². The van der Waals surface area contributed by atoms with Gasteiger partial charge < -0.3 is 10.3 Å². The Bertz CT molecular complexity index is 1020.